The number of fused-ring (bicyclic) bond motifs is 1. The van der Waals surface area contributed by atoms with Crippen LogP contribution in [0.25, 0.3) is 5.69 Å². The predicted octanol–water partition coefficient (Wildman–Crippen LogP) is 4.60. The minimum atomic E-state index is -4.60. The van der Waals surface area contributed by atoms with Crippen LogP contribution in [0.1, 0.15) is 40.1 Å². The Hall–Kier alpha value is -4.48. The second-order valence-electron chi connectivity index (χ2n) is 9.01. The van der Waals surface area contributed by atoms with Gasteiger partial charge >= 0.3 is 6.18 Å². The lowest BCUT2D eigenvalue weighted by Crippen LogP contribution is -2.36. The van der Waals surface area contributed by atoms with E-state index in [1.165, 1.54) is 11.8 Å². The molecule has 0 saturated heterocycles. The van der Waals surface area contributed by atoms with Crippen molar-refractivity contribution in [3.63, 3.8) is 0 Å². The molecular weight excluding hydrogens is 501 g/mol. The van der Waals surface area contributed by atoms with E-state index in [1.54, 1.807) is 67.2 Å². The number of carbonyl (C=O) groups excluding carboxylic acids is 1. The number of carbonyl (C=O) groups is 1. The Bertz CT molecular complexity index is 1550. The monoisotopic (exact) mass is 526 g/mol. The Kier molecular flexibility index (Phi) is 6.25. The third kappa shape index (κ3) is 4.31. The lowest BCUT2D eigenvalue weighted by Gasteiger charge is -2.34. The molecular formula is C26H25F3N6O3. The molecule has 3 heterocycles. The standard InChI is InChI=1S/C26H25F3N6O3/c1-15-22(25(37)35(33(15)2)17-9-5-4-6-10-17)32-24(36)19-14-30-34-21(26(27,28)29)13-20(31-23(19)34)16-8-7-11-18(12-16)38-3/h4-12,14,20-21,31H,13H2,1-3H3,(H,32,36)/t20-,21+/m1/s1. The molecule has 1 aliphatic rings. The maximum atomic E-state index is 14.1. The van der Waals surface area contributed by atoms with Gasteiger partial charge in [-0.2, -0.15) is 18.3 Å². The molecule has 12 heteroatoms. The van der Waals surface area contributed by atoms with Gasteiger partial charge in [-0.15, -0.1) is 0 Å². The Morgan fingerprint density at radius 2 is 1.89 bits per heavy atom. The summed E-state index contributed by atoms with van der Waals surface area (Å²) >= 11 is 0. The first kappa shape index (κ1) is 25.2. The SMILES string of the molecule is COc1cccc([C@H]2C[C@@H](C(F)(F)F)n3ncc(C(=O)Nc4c(C)n(C)n(-c5ccccc5)c4=O)c3N2)c1. The van der Waals surface area contributed by atoms with Gasteiger partial charge in [-0.05, 0) is 36.8 Å². The first-order chi connectivity index (χ1) is 18.1. The number of para-hydroxylation sites is 1. The molecule has 0 bridgehead atoms. The molecule has 1 aliphatic heterocycles. The van der Waals surface area contributed by atoms with Gasteiger partial charge in [0.25, 0.3) is 11.5 Å². The Morgan fingerprint density at radius 3 is 2.58 bits per heavy atom. The van der Waals surface area contributed by atoms with Gasteiger partial charge < -0.3 is 15.4 Å². The number of hydrogen-bond acceptors (Lipinski definition) is 5. The van der Waals surface area contributed by atoms with Crippen LogP contribution in [-0.4, -0.2) is 38.3 Å². The fourth-order valence-corrected chi connectivity index (χ4v) is 4.70. The minimum Gasteiger partial charge on any atom is -0.497 e. The zero-order valence-electron chi connectivity index (χ0n) is 20.8. The summed E-state index contributed by atoms with van der Waals surface area (Å²) in [5.74, 6) is -0.336. The van der Waals surface area contributed by atoms with Crippen molar-refractivity contribution in [2.75, 3.05) is 17.7 Å². The van der Waals surface area contributed by atoms with Crippen molar-refractivity contribution < 1.29 is 22.7 Å². The maximum Gasteiger partial charge on any atom is 0.410 e. The van der Waals surface area contributed by atoms with Gasteiger partial charge in [0, 0.05) is 13.5 Å². The predicted molar refractivity (Wildman–Crippen MR) is 135 cm³/mol. The zero-order valence-corrected chi connectivity index (χ0v) is 20.8. The fraction of sp³-hybridized carbons (Fsp3) is 0.269. The molecule has 2 aromatic carbocycles. The van der Waals surface area contributed by atoms with Crippen molar-refractivity contribution >= 4 is 17.4 Å². The molecule has 0 spiro atoms. The van der Waals surface area contributed by atoms with Crippen LogP contribution in [0, 0.1) is 6.92 Å². The first-order valence-corrected chi connectivity index (χ1v) is 11.8. The second-order valence-corrected chi connectivity index (χ2v) is 9.01. The smallest absolute Gasteiger partial charge is 0.410 e. The molecule has 5 rings (SSSR count). The van der Waals surface area contributed by atoms with Crippen molar-refractivity contribution in [2.24, 2.45) is 7.05 Å². The lowest BCUT2D eigenvalue weighted by molar-refractivity contribution is -0.173. The van der Waals surface area contributed by atoms with E-state index in [4.69, 9.17) is 4.74 Å². The number of benzene rings is 2. The Labute approximate surface area is 215 Å². The number of methoxy groups -OCH3 is 1. The number of nitrogens with zero attached hydrogens (tertiary/aromatic N) is 4. The summed E-state index contributed by atoms with van der Waals surface area (Å²) in [4.78, 5) is 26.6. The number of hydrogen-bond donors (Lipinski definition) is 2. The molecule has 0 aliphatic carbocycles. The van der Waals surface area contributed by atoms with Crippen LogP contribution >= 0.6 is 0 Å². The molecule has 0 radical (unpaired) electrons. The number of alkyl halides is 3. The summed E-state index contributed by atoms with van der Waals surface area (Å²) in [7, 11) is 3.15. The highest BCUT2D eigenvalue weighted by Gasteiger charge is 2.47. The Balaban J connectivity index is 1.51. The normalized spacial score (nSPS) is 17.0. The zero-order chi connectivity index (χ0) is 27.2. The molecule has 2 atom stereocenters. The van der Waals surface area contributed by atoms with E-state index in [9.17, 15) is 22.8 Å². The van der Waals surface area contributed by atoms with E-state index >= 15 is 0 Å². The number of halogens is 3. The molecule has 0 fully saturated rings. The van der Waals surface area contributed by atoms with E-state index in [2.05, 4.69) is 15.7 Å². The lowest BCUT2D eigenvalue weighted by atomic mass is 9.96. The Morgan fingerprint density at radius 1 is 1.16 bits per heavy atom. The molecule has 2 N–H and O–H groups in total. The van der Waals surface area contributed by atoms with Crippen molar-refractivity contribution in [2.45, 2.75) is 31.6 Å². The molecule has 4 aromatic rings. The van der Waals surface area contributed by atoms with Crippen LogP contribution in [0.5, 0.6) is 5.75 Å². The first-order valence-electron chi connectivity index (χ1n) is 11.8. The minimum absolute atomic E-state index is 0.0221. The molecule has 0 saturated carbocycles. The summed E-state index contributed by atoms with van der Waals surface area (Å²) in [5, 5.41) is 9.55. The van der Waals surface area contributed by atoms with Crippen LogP contribution in [-0.2, 0) is 7.05 Å². The van der Waals surface area contributed by atoms with Gasteiger partial charge in [-0.1, -0.05) is 30.3 Å². The summed E-state index contributed by atoms with van der Waals surface area (Å²) in [6.45, 7) is 1.67. The number of amides is 1. The van der Waals surface area contributed by atoms with Gasteiger partial charge in [0.2, 0.25) is 0 Å². The van der Waals surface area contributed by atoms with Gasteiger partial charge in [-0.3, -0.25) is 14.3 Å². The van der Waals surface area contributed by atoms with Gasteiger partial charge in [0.15, 0.2) is 6.04 Å². The summed E-state index contributed by atoms with van der Waals surface area (Å²) in [5.41, 5.74) is 1.09. The highest BCUT2D eigenvalue weighted by molar-refractivity contribution is 6.07. The van der Waals surface area contributed by atoms with Crippen molar-refractivity contribution in [3.05, 3.63) is 88.0 Å². The summed E-state index contributed by atoms with van der Waals surface area (Å²) < 4.78 is 51.2. The highest BCUT2D eigenvalue weighted by atomic mass is 19.4. The van der Waals surface area contributed by atoms with Gasteiger partial charge in [0.1, 0.15) is 22.8 Å². The quantitative estimate of drug-likeness (QED) is 0.396. The number of nitrogens with one attached hydrogen (secondary N) is 2. The average Bonchev–Trinajstić information content (AvgIpc) is 3.42. The van der Waals surface area contributed by atoms with E-state index < -0.39 is 29.7 Å². The number of anilines is 2. The van der Waals surface area contributed by atoms with E-state index in [1.807, 2.05) is 6.07 Å². The summed E-state index contributed by atoms with van der Waals surface area (Å²) in [6.07, 6.45) is -3.85. The van der Waals surface area contributed by atoms with Crippen molar-refractivity contribution in [3.8, 4) is 11.4 Å². The number of ether oxygens (including phenoxy) is 1. The molecule has 0 unspecified atom stereocenters. The number of rotatable bonds is 5. The van der Waals surface area contributed by atoms with Gasteiger partial charge in [0.05, 0.1) is 30.7 Å². The van der Waals surface area contributed by atoms with Crippen LogP contribution in [0.15, 0.2) is 65.6 Å². The fourth-order valence-electron chi connectivity index (χ4n) is 4.70. The second kappa shape index (κ2) is 9.43. The van der Waals surface area contributed by atoms with Crippen LogP contribution < -0.4 is 20.9 Å². The topological polar surface area (TPSA) is 95.1 Å². The van der Waals surface area contributed by atoms with Crippen LogP contribution in [0.2, 0.25) is 0 Å². The van der Waals surface area contributed by atoms with Crippen LogP contribution in [0.3, 0.4) is 0 Å². The third-order valence-corrected chi connectivity index (χ3v) is 6.77. The number of aromatic nitrogens is 4. The maximum absolute atomic E-state index is 14.1. The summed E-state index contributed by atoms with van der Waals surface area (Å²) in [6, 6.07) is 12.9. The molecule has 1 amide bonds. The molecule has 2 aromatic heterocycles. The van der Waals surface area contributed by atoms with E-state index in [-0.39, 0.29) is 23.5 Å². The highest BCUT2D eigenvalue weighted by Crippen LogP contribution is 2.44. The van der Waals surface area contributed by atoms with Crippen LogP contribution in [0.4, 0.5) is 24.7 Å². The molecule has 9 nitrogen and oxygen atoms in total. The van der Waals surface area contributed by atoms with Crippen molar-refractivity contribution in [1.82, 2.24) is 19.1 Å². The molecule has 198 valence electrons. The average molecular weight is 527 g/mol. The third-order valence-electron chi connectivity index (χ3n) is 6.77. The largest absolute Gasteiger partial charge is 0.497 e. The van der Waals surface area contributed by atoms with E-state index in [0.29, 0.717) is 22.7 Å². The van der Waals surface area contributed by atoms with E-state index in [0.717, 1.165) is 10.9 Å². The van der Waals surface area contributed by atoms with Gasteiger partial charge in [-0.25, -0.2) is 9.36 Å². The molecule has 38 heavy (non-hydrogen) atoms. The van der Waals surface area contributed by atoms with Crippen molar-refractivity contribution in [1.29, 1.82) is 0 Å².